The highest BCUT2D eigenvalue weighted by atomic mass is 32.2. The molecule has 2 aromatic carbocycles. The van der Waals surface area contributed by atoms with Gasteiger partial charge in [-0.05, 0) is 36.8 Å². The van der Waals surface area contributed by atoms with E-state index in [2.05, 4.69) is 10.5 Å². The number of carbonyl (C=O) groups excluding carboxylic acids is 1. The van der Waals surface area contributed by atoms with Gasteiger partial charge in [-0.3, -0.25) is 9.10 Å². The fourth-order valence-corrected chi connectivity index (χ4v) is 4.02. The minimum atomic E-state index is -3.61. The molecule has 0 aliphatic carbocycles. The van der Waals surface area contributed by atoms with Crippen LogP contribution in [0.1, 0.15) is 11.1 Å². The number of carbonyl (C=O) groups is 1. The average molecular weight is 434 g/mol. The summed E-state index contributed by atoms with van der Waals surface area (Å²) in [4.78, 5) is 12.2. The largest absolute Gasteiger partial charge is 0.489 e. The summed E-state index contributed by atoms with van der Waals surface area (Å²) in [6, 6.07) is 14.3. The van der Waals surface area contributed by atoms with E-state index in [0.29, 0.717) is 5.69 Å². The molecule has 1 aliphatic rings. The minimum absolute atomic E-state index is 0.246. The van der Waals surface area contributed by atoms with Gasteiger partial charge in [0.15, 0.2) is 0 Å². The average Bonchev–Trinajstić information content (AvgIpc) is 2.63. The molecule has 7 nitrogen and oxygen atoms in total. The number of amides is 1. The van der Waals surface area contributed by atoms with Crippen LogP contribution < -0.4 is 14.5 Å². The van der Waals surface area contributed by atoms with E-state index in [-0.39, 0.29) is 12.6 Å². The van der Waals surface area contributed by atoms with Gasteiger partial charge in [0.1, 0.15) is 18.4 Å². The van der Waals surface area contributed by atoms with Crippen LogP contribution in [0.3, 0.4) is 0 Å². The van der Waals surface area contributed by atoms with Crippen molar-refractivity contribution < 1.29 is 17.9 Å². The normalized spacial score (nSPS) is 14.4. The van der Waals surface area contributed by atoms with Gasteiger partial charge >= 0.3 is 0 Å². The summed E-state index contributed by atoms with van der Waals surface area (Å²) in [6.07, 6.45) is 2.81. The predicted molar refractivity (Wildman–Crippen MR) is 117 cm³/mol. The van der Waals surface area contributed by atoms with Crippen LogP contribution >= 0.6 is 11.8 Å². The third kappa shape index (κ3) is 6.23. The first-order chi connectivity index (χ1) is 13.8. The molecule has 1 aliphatic heterocycles. The topological polar surface area (TPSA) is 88.1 Å². The molecule has 1 heterocycles. The Kier molecular flexibility index (Phi) is 6.81. The number of rotatable bonds is 8. The minimum Gasteiger partial charge on any atom is -0.489 e. The van der Waals surface area contributed by atoms with Gasteiger partial charge in [-0.1, -0.05) is 29.8 Å². The predicted octanol–water partition coefficient (Wildman–Crippen LogP) is 2.41. The molecular weight excluding hydrogens is 410 g/mol. The highest BCUT2D eigenvalue weighted by Crippen LogP contribution is 2.24. The standard InChI is InChI=1S/C20H23N3O4S2/c1-15-6-8-17(9-7-15)23(29(2,25)26)12-20(24)22-21-11-16-4-3-5-18(10-16)27-19-13-28-14-19/h3-11,19H,12-14H2,1-2H3,(H,22,24)/b21-11-. The molecule has 0 spiro atoms. The lowest BCUT2D eigenvalue weighted by Gasteiger charge is -2.25. The molecule has 0 atom stereocenters. The summed E-state index contributed by atoms with van der Waals surface area (Å²) in [6.45, 7) is 1.54. The maximum Gasteiger partial charge on any atom is 0.260 e. The second-order valence-electron chi connectivity index (χ2n) is 6.75. The molecule has 9 heteroatoms. The van der Waals surface area contributed by atoms with Gasteiger partial charge in [-0.15, -0.1) is 0 Å². The number of thioether (sulfide) groups is 1. The molecule has 1 fully saturated rings. The summed E-state index contributed by atoms with van der Waals surface area (Å²) < 4.78 is 31.1. The van der Waals surface area contributed by atoms with E-state index >= 15 is 0 Å². The smallest absolute Gasteiger partial charge is 0.260 e. The van der Waals surface area contributed by atoms with Crippen molar-refractivity contribution in [1.82, 2.24) is 5.43 Å². The lowest BCUT2D eigenvalue weighted by atomic mass is 10.2. The molecule has 2 aromatic rings. The Bertz CT molecular complexity index is 987. The van der Waals surface area contributed by atoms with E-state index in [9.17, 15) is 13.2 Å². The number of hydrazone groups is 1. The summed E-state index contributed by atoms with van der Waals surface area (Å²) in [5, 5.41) is 3.93. The first kappa shape index (κ1) is 21.2. The van der Waals surface area contributed by atoms with E-state index in [1.165, 1.54) is 6.21 Å². The van der Waals surface area contributed by atoms with Crippen molar-refractivity contribution in [2.24, 2.45) is 5.10 Å². The third-order valence-electron chi connectivity index (χ3n) is 4.18. The third-order valence-corrected chi connectivity index (χ3v) is 6.54. The van der Waals surface area contributed by atoms with Gasteiger partial charge in [0.05, 0.1) is 18.2 Å². The first-order valence-corrected chi connectivity index (χ1v) is 12.0. The Balaban J connectivity index is 1.60. The fraction of sp³-hybridized carbons (Fsp3) is 0.300. The molecule has 1 saturated heterocycles. The fourth-order valence-electron chi connectivity index (χ4n) is 2.60. The second-order valence-corrected chi connectivity index (χ2v) is 9.73. The lowest BCUT2D eigenvalue weighted by Crippen LogP contribution is -2.39. The Morgan fingerprint density at radius 3 is 2.62 bits per heavy atom. The molecule has 0 unspecified atom stereocenters. The molecule has 29 heavy (non-hydrogen) atoms. The van der Waals surface area contributed by atoms with Gasteiger partial charge in [0, 0.05) is 11.5 Å². The van der Waals surface area contributed by atoms with Crippen LogP contribution in [0.15, 0.2) is 53.6 Å². The van der Waals surface area contributed by atoms with Crippen molar-refractivity contribution in [3.05, 3.63) is 59.7 Å². The summed E-state index contributed by atoms with van der Waals surface area (Å²) in [5.41, 5.74) is 4.57. The van der Waals surface area contributed by atoms with Crippen molar-refractivity contribution in [2.45, 2.75) is 13.0 Å². The Morgan fingerprint density at radius 2 is 2.00 bits per heavy atom. The molecule has 154 valence electrons. The van der Waals surface area contributed by atoms with Crippen LogP contribution in [0.25, 0.3) is 0 Å². The molecule has 0 saturated carbocycles. The van der Waals surface area contributed by atoms with E-state index in [4.69, 9.17) is 4.74 Å². The van der Waals surface area contributed by atoms with Crippen molar-refractivity contribution in [3.8, 4) is 5.75 Å². The number of nitrogens with zero attached hydrogens (tertiary/aromatic N) is 2. The number of anilines is 1. The van der Waals surface area contributed by atoms with Crippen LogP contribution in [0.2, 0.25) is 0 Å². The summed E-state index contributed by atoms with van der Waals surface area (Å²) in [5.74, 6) is 2.21. The van der Waals surface area contributed by atoms with Crippen molar-refractivity contribution in [1.29, 1.82) is 0 Å². The van der Waals surface area contributed by atoms with E-state index in [1.54, 1.807) is 24.3 Å². The van der Waals surface area contributed by atoms with Crippen LogP contribution in [0, 0.1) is 6.92 Å². The molecule has 1 N–H and O–H groups in total. The summed E-state index contributed by atoms with van der Waals surface area (Å²) in [7, 11) is -3.61. The Morgan fingerprint density at radius 1 is 1.28 bits per heavy atom. The number of benzene rings is 2. The van der Waals surface area contributed by atoms with E-state index in [1.807, 2.05) is 43.0 Å². The van der Waals surface area contributed by atoms with Crippen LogP contribution in [-0.2, 0) is 14.8 Å². The van der Waals surface area contributed by atoms with Crippen LogP contribution in [-0.4, -0.2) is 50.9 Å². The zero-order valence-electron chi connectivity index (χ0n) is 16.2. The van der Waals surface area contributed by atoms with E-state index in [0.717, 1.165) is 38.9 Å². The molecule has 0 radical (unpaired) electrons. The zero-order valence-corrected chi connectivity index (χ0v) is 17.9. The molecule has 3 rings (SSSR count). The zero-order chi connectivity index (χ0) is 20.9. The molecule has 0 bridgehead atoms. The van der Waals surface area contributed by atoms with Gasteiger partial charge in [0.25, 0.3) is 5.91 Å². The number of hydrogen-bond donors (Lipinski definition) is 1. The number of hydrogen-bond acceptors (Lipinski definition) is 6. The van der Waals surface area contributed by atoms with Crippen molar-refractivity contribution in [3.63, 3.8) is 0 Å². The number of ether oxygens (including phenoxy) is 1. The lowest BCUT2D eigenvalue weighted by molar-refractivity contribution is -0.119. The Hall–Kier alpha value is -2.52. The second kappa shape index (κ2) is 9.32. The number of nitrogens with one attached hydrogen (secondary N) is 1. The monoisotopic (exact) mass is 433 g/mol. The van der Waals surface area contributed by atoms with Gasteiger partial charge in [-0.2, -0.15) is 16.9 Å². The van der Waals surface area contributed by atoms with E-state index < -0.39 is 15.9 Å². The SMILES string of the molecule is Cc1ccc(N(CC(=O)N/N=C\c2cccc(OC3CSC3)c2)S(C)(=O)=O)cc1. The van der Waals surface area contributed by atoms with Gasteiger partial charge in [0.2, 0.25) is 10.0 Å². The van der Waals surface area contributed by atoms with Crippen molar-refractivity contribution >= 4 is 39.6 Å². The highest BCUT2D eigenvalue weighted by Gasteiger charge is 2.21. The Labute approximate surface area is 175 Å². The highest BCUT2D eigenvalue weighted by molar-refractivity contribution is 8.00. The molecule has 0 aromatic heterocycles. The van der Waals surface area contributed by atoms with Crippen LogP contribution in [0.5, 0.6) is 5.75 Å². The maximum atomic E-state index is 12.2. The molecular formula is C20H23N3O4S2. The van der Waals surface area contributed by atoms with Crippen LogP contribution in [0.4, 0.5) is 5.69 Å². The number of sulfonamides is 1. The van der Waals surface area contributed by atoms with Gasteiger partial charge in [-0.25, -0.2) is 13.8 Å². The first-order valence-electron chi connectivity index (χ1n) is 9.02. The molecule has 1 amide bonds. The van der Waals surface area contributed by atoms with Gasteiger partial charge < -0.3 is 4.74 Å². The van der Waals surface area contributed by atoms with Crippen molar-refractivity contribution in [2.75, 3.05) is 28.6 Å². The summed E-state index contributed by atoms with van der Waals surface area (Å²) >= 11 is 1.85. The number of aryl methyl sites for hydroxylation is 1. The quantitative estimate of drug-likeness (QED) is 0.510. The maximum absolute atomic E-state index is 12.2.